The van der Waals surface area contributed by atoms with Crippen LogP contribution in [0.1, 0.15) is 5.56 Å². The van der Waals surface area contributed by atoms with E-state index in [1.54, 1.807) is 6.08 Å². The van der Waals surface area contributed by atoms with E-state index in [0.29, 0.717) is 0 Å². The van der Waals surface area contributed by atoms with E-state index in [-0.39, 0.29) is 6.61 Å². The van der Waals surface area contributed by atoms with Crippen LogP contribution in [0.4, 0.5) is 0 Å². The average Bonchev–Trinajstić information content (AvgIpc) is 2.19. The van der Waals surface area contributed by atoms with Gasteiger partial charge in [0.2, 0.25) is 0 Å². The minimum Gasteiger partial charge on any atom is -0.392 e. The molecule has 1 aromatic carbocycles. The molecule has 0 amide bonds. The first-order chi connectivity index (χ1) is 6.43. The molecule has 13 heavy (non-hydrogen) atoms. The Labute approximate surface area is 83.5 Å². The molecule has 0 aliphatic rings. The van der Waals surface area contributed by atoms with Crippen LogP contribution in [0.25, 0.3) is 0 Å². The molecule has 0 saturated carbocycles. The van der Waals surface area contributed by atoms with Crippen molar-refractivity contribution >= 4 is 11.8 Å². The molecule has 1 rings (SSSR count). The van der Waals surface area contributed by atoms with Crippen molar-refractivity contribution in [2.24, 2.45) is 0 Å². The van der Waals surface area contributed by atoms with E-state index < -0.39 is 0 Å². The molecule has 1 nitrogen and oxygen atoms in total. The van der Waals surface area contributed by atoms with Crippen molar-refractivity contribution in [1.82, 2.24) is 0 Å². The van der Waals surface area contributed by atoms with Crippen LogP contribution in [-0.4, -0.2) is 17.5 Å². The Balaban J connectivity index is 2.17. The van der Waals surface area contributed by atoms with Crippen molar-refractivity contribution < 1.29 is 5.11 Å². The van der Waals surface area contributed by atoms with E-state index in [1.165, 1.54) is 5.56 Å². The molecule has 70 valence electrons. The van der Waals surface area contributed by atoms with Gasteiger partial charge in [-0.3, -0.25) is 0 Å². The third kappa shape index (κ3) is 4.76. The number of thioether (sulfide) groups is 1. The van der Waals surface area contributed by atoms with Gasteiger partial charge in [-0.1, -0.05) is 42.5 Å². The molecule has 1 N–H and O–H groups in total. The molecule has 2 heteroatoms. The van der Waals surface area contributed by atoms with Crippen molar-refractivity contribution in [3.8, 4) is 0 Å². The van der Waals surface area contributed by atoms with Crippen molar-refractivity contribution in [2.45, 2.75) is 5.75 Å². The Bertz CT molecular complexity index is 244. The van der Waals surface area contributed by atoms with E-state index in [9.17, 15) is 0 Å². The van der Waals surface area contributed by atoms with E-state index in [4.69, 9.17) is 5.11 Å². The molecule has 0 atom stereocenters. The van der Waals surface area contributed by atoms with E-state index in [1.807, 2.05) is 23.9 Å². The summed E-state index contributed by atoms with van der Waals surface area (Å²) in [5.41, 5.74) is 1.35. The van der Waals surface area contributed by atoms with Gasteiger partial charge in [-0.25, -0.2) is 0 Å². The molecule has 1 aromatic rings. The zero-order valence-corrected chi connectivity index (χ0v) is 8.33. The number of benzene rings is 1. The molecular formula is C11H14OS. The second kappa shape index (κ2) is 6.75. The van der Waals surface area contributed by atoms with Gasteiger partial charge in [-0.15, -0.1) is 0 Å². The first-order valence-corrected chi connectivity index (χ1v) is 5.46. The Kier molecular flexibility index (Phi) is 5.38. The fourth-order valence-corrected chi connectivity index (χ4v) is 1.78. The molecule has 0 unspecified atom stereocenters. The summed E-state index contributed by atoms with van der Waals surface area (Å²) in [7, 11) is 0. The Morgan fingerprint density at radius 1 is 1.15 bits per heavy atom. The molecule has 0 heterocycles. The molecule has 0 spiro atoms. The Morgan fingerprint density at radius 2 is 1.92 bits per heavy atom. The summed E-state index contributed by atoms with van der Waals surface area (Å²) in [6.07, 6.45) is 3.77. The van der Waals surface area contributed by atoms with Gasteiger partial charge in [-0.2, -0.15) is 11.8 Å². The lowest BCUT2D eigenvalue weighted by Crippen LogP contribution is -1.80. The van der Waals surface area contributed by atoms with E-state index in [0.717, 1.165) is 11.5 Å². The second-order valence-corrected chi connectivity index (χ2v) is 3.68. The fourth-order valence-electron chi connectivity index (χ4n) is 0.962. The first-order valence-electron chi connectivity index (χ1n) is 4.31. The Hall–Kier alpha value is -0.730. The van der Waals surface area contributed by atoms with Crippen LogP contribution in [0.2, 0.25) is 0 Å². The number of aliphatic hydroxyl groups is 1. The molecule has 0 aromatic heterocycles. The van der Waals surface area contributed by atoms with Gasteiger partial charge in [0, 0.05) is 11.5 Å². The largest absolute Gasteiger partial charge is 0.392 e. The number of aliphatic hydroxyl groups excluding tert-OH is 1. The summed E-state index contributed by atoms with van der Waals surface area (Å²) in [4.78, 5) is 0. The van der Waals surface area contributed by atoms with Crippen LogP contribution in [0, 0.1) is 0 Å². The Morgan fingerprint density at radius 3 is 2.62 bits per heavy atom. The van der Waals surface area contributed by atoms with Gasteiger partial charge >= 0.3 is 0 Å². The van der Waals surface area contributed by atoms with Gasteiger partial charge in [0.1, 0.15) is 0 Å². The third-order valence-corrected chi connectivity index (χ3v) is 2.56. The number of rotatable bonds is 5. The fraction of sp³-hybridized carbons (Fsp3) is 0.273. The monoisotopic (exact) mass is 194 g/mol. The van der Waals surface area contributed by atoms with Crippen molar-refractivity contribution in [3.63, 3.8) is 0 Å². The minimum atomic E-state index is 0.145. The lowest BCUT2D eigenvalue weighted by atomic mass is 10.2. The lowest BCUT2D eigenvalue weighted by molar-refractivity contribution is 0.342. The summed E-state index contributed by atoms with van der Waals surface area (Å²) in [5.74, 6) is 2.01. The smallest absolute Gasteiger partial charge is 0.0612 e. The van der Waals surface area contributed by atoms with Crippen LogP contribution in [-0.2, 0) is 5.75 Å². The van der Waals surface area contributed by atoms with Gasteiger partial charge < -0.3 is 5.11 Å². The maximum Gasteiger partial charge on any atom is 0.0612 e. The van der Waals surface area contributed by atoms with Crippen molar-refractivity contribution in [2.75, 3.05) is 12.4 Å². The van der Waals surface area contributed by atoms with Gasteiger partial charge in [0.15, 0.2) is 0 Å². The predicted molar refractivity (Wildman–Crippen MR) is 58.8 cm³/mol. The molecule has 0 bridgehead atoms. The number of hydrogen-bond acceptors (Lipinski definition) is 2. The topological polar surface area (TPSA) is 20.2 Å². The van der Waals surface area contributed by atoms with Crippen LogP contribution >= 0.6 is 11.8 Å². The van der Waals surface area contributed by atoms with Crippen molar-refractivity contribution in [1.29, 1.82) is 0 Å². The van der Waals surface area contributed by atoms with E-state index in [2.05, 4.69) is 24.3 Å². The highest BCUT2D eigenvalue weighted by Gasteiger charge is 1.89. The highest BCUT2D eigenvalue weighted by molar-refractivity contribution is 7.98. The normalized spacial score (nSPS) is 10.8. The average molecular weight is 194 g/mol. The van der Waals surface area contributed by atoms with Gasteiger partial charge in [-0.05, 0) is 5.56 Å². The quantitative estimate of drug-likeness (QED) is 0.574. The maximum absolute atomic E-state index is 8.49. The lowest BCUT2D eigenvalue weighted by Gasteiger charge is -1.97. The van der Waals surface area contributed by atoms with E-state index >= 15 is 0 Å². The summed E-state index contributed by atoms with van der Waals surface area (Å²) in [5, 5.41) is 8.49. The van der Waals surface area contributed by atoms with Crippen molar-refractivity contribution in [3.05, 3.63) is 48.0 Å². The summed E-state index contributed by atoms with van der Waals surface area (Å²) in [6, 6.07) is 10.4. The summed E-state index contributed by atoms with van der Waals surface area (Å²) < 4.78 is 0. The van der Waals surface area contributed by atoms with Crippen LogP contribution in [0.15, 0.2) is 42.5 Å². The van der Waals surface area contributed by atoms with Crippen LogP contribution < -0.4 is 0 Å². The first kappa shape index (κ1) is 10.4. The second-order valence-electron chi connectivity index (χ2n) is 2.65. The molecule has 0 saturated heterocycles. The van der Waals surface area contributed by atoms with Gasteiger partial charge in [0.25, 0.3) is 0 Å². The summed E-state index contributed by atoms with van der Waals surface area (Å²) in [6.45, 7) is 0.145. The van der Waals surface area contributed by atoms with Crippen LogP contribution in [0.5, 0.6) is 0 Å². The third-order valence-electron chi connectivity index (χ3n) is 1.60. The molecular weight excluding hydrogens is 180 g/mol. The van der Waals surface area contributed by atoms with Crippen LogP contribution in [0.3, 0.4) is 0 Å². The highest BCUT2D eigenvalue weighted by atomic mass is 32.2. The summed E-state index contributed by atoms with van der Waals surface area (Å²) >= 11 is 1.85. The highest BCUT2D eigenvalue weighted by Crippen LogP contribution is 2.11. The molecule has 0 fully saturated rings. The van der Waals surface area contributed by atoms with Gasteiger partial charge in [0.05, 0.1) is 6.61 Å². The predicted octanol–water partition coefficient (Wildman–Crippen LogP) is 2.47. The SMILES string of the molecule is OCC=CCSCc1ccccc1. The molecule has 0 radical (unpaired) electrons. The molecule has 0 aliphatic carbocycles. The zero-order valence-electron chi connectivity index (χ0n) is 7.52. The minimum absolute atomic E-state index is 0.145. The number of hydrogen-bond donors (Lipinski definition) is 1. The molecule has 0 aliphatic heterocycles. The maximum atomic E-state index is 8.49. The standard InChI is InChI=1S/C11H14OS/c12-8-4-5-9-13-10-11-6-2-1-3-7-11/h1-7,12H,8-10H2. The zero-order chi connectivity index (χ0) is 9.36.